The summed E-state index contributed by atoms with van der Waals surface area (Å²) < 4.78 is 0. The summed E-state index contributed by atoms with van der Waals surface area (Å²) in [5, 5.41) is 24.7. The van der Waals surface area contributed by atoms with Crippen LogP contribution in [0.3, 0.4) is 0 Å². The molecule has 0 aliphatic heterocycles. The number of guanidine groups is 1. The van der Waals surface area contributed by atoms with Gasteiger partial charge in [-0.15, -0.1) is 0 Å². The smallest absolute Gasteiger partial charge is 0.321 e. The Bertz CT molecular complexity index is 624. The van der Waals surface area contributed by atoms with Gasteiger partial charge < -0.3 is 55.5 Å². The first-order valence-corrected chi connectivity index (χ1v) is 8.68. The summed E-state index contributed by atoms with van der Waals surface area (Å²) in [6.07, 6.45) is 0.769. The molecule has 0 aromatic carbocycles. The molecule has 17 N–H and O–H groups in total. The molecular weight excluding hydrogens is 420 g/mol. The van der Waals surface area contributed by atoms with E-state index in [1.165, 1.54) is 0 Å². The fourth-order valence-electron chi connectivity index (χ4n) is 1.37. The van der Waals surface area contributed by atoms with Crippen molar-refractivity contribution in [3.63, 3.8) is 0 Å². The Labute approximate surface area is 177 Å². The summed E-state index contributed by atoms with van der Waals surface area (Å²) in [4.78, 5) is 53.9. The van der Waals surface area contributed by atoms with E-state index < -0.39 is 47.8 Å². The number of aliphatic carboxylic acids is 3. The monoisotopic (exact) mass is 452 g/mol. The third kappa shape index (κ3) is 26.5. The van der Waals surface area contributed by atoms with Crippen LogP contribution in [-0.4, -0.2) is 75.7 Å². The van der Waals surface area contributed by atoms with Gasteiger partial charge in [-0.3, -0.25) is 29.0 Å². The number of primary amides is 2. The number of amides is 2. The number of nitrogens with two attached hydrogens (primary N) is 7. The molecule has 16 heteroatoms. The number of rotatable bonds is 12. The van der Waals surface area contributed by atoms with Crippen molar-refractivity contribution in [3.8, 4) is 0 Å². The molecule has 0 spiro atoms. The van der Waals surface area contributed by atoms with Crippen molar-refractivity contribution in [2.75, 3.05) is 6.54 Å². The van der Waals surface area contributed by atoms with Crippen LogP contribution in [0.5, 0.6) is 0 Å². The molecule has 0 saturated heterocycles. The maximum atomic E-state index is 10.2. The normalized spacial score (nSPS) is 12.4. The molecule has 0 aliphatic carbocycles. The van der Waals surface area contributed by atoms with Crippen LogP contribution in [0, 0.1) is 0 Å². The first-order chi connectivity index (χ1) is 14.1. The van der Waals surface area contributed by atoms with E-state index >= 15 is 0 Å². The first-order valence-electron chi connectivity index (χ1n) is 8.68. The highest BCUT2D eigenvalue weighted by molar-refractivity contribution is 5.83. The van der Waals surface area contributed by atoms with Gasteiger partial charge in [0.25, 0.3) is 0 Å². The minimum Gasteiger partial charge on any atom is -0.480 e. The molecule has 3 unspecified atom stereocenters. The maximum absolute atomic E-state index is 10.2. The highest BCUT2D eigenvalue weighted by Gasteiger charge is 2.13. The van der Waals surface area contributed by atoms with Gasteiger partial charge in [0.15, 0.2) is 5.96 Å². The standard InChI is InChI=1S/C6H14N4O2.C5H10N2O3.C4H8N2O3/c7-4(5(11)12)2-1-3-10-6(8)9;6-3(5(9)10)1-2-4(7)8;5-2(4(8)9)1-3(6)7/h4H,1-3,7H2,(H,11,12)(H4,8,9,10);3H,1-2,6H2,(H2,7,8)(H,9,10);2H,1,5H2,(H2,6,7)(H,8,9). The van der Waals surface area contributed by atoms with Crippen LogP contribution in [0.15, 0.2) is 4.99 Å². The zero-order valence-corrected chi connectivity index (χ0v) is 16.8. The molecule has 31 heavy (non-hydrogen) atoms. The summed E-state index contributed by atoms with van der Waals surface area (Å²) >= 11 is 0. The van der Waals surface area contributed by atoms with Gasteiger partial charge in [-0.2, -0.15) is 0 Å². The van der Waals surface area contributed by atoms with E-state index in [1.807, 2.05) is 0 Å². The third-order valence-electron chi connectivity index (χ3n) is 3.04. The SMILES string of the molecule is NC(=O)CC(N)C(=O)O.NC(=O)CCC(N)C(=O)O.NC(N)=NCCCC(N)C(=O)O. The second-order valence-corrected chi connectivity index (χ2v) is 5.96. The van der Waals surface area contributed by atoms with Gasteiger partial charge in [-0.25, -0.2) is 0 Å². The Morgan fingerprint density at radius 2 is 1.10 bits per heavy atom. The average molecular weight is 452 g/mol. The number of carbonyl (C=O) groups excluding carboxylic acids is 2. The van der Waals surface area contributed by atoms with E-state index in [4.69, 9.17) is 49.7 Å². The maximum Gasteiger partial charge on any atom is 0.321 e. The van der Waals surface area contributed by atoms with Crippen molar-refractivity contribution < 1.29 is 39.3 Å². The van der Waals surface area contributed by atoms with Crippen LogP contribution < -0.4 is 40.1 Å². The Hall–Kier alpha value is -3.50. The third-order valence-corrected chi connectivity index (χ3v) is 3.04. The zero-order chi connectivity index (χ0) is 25.1. The Morgan fingerprint density at radius 3 is 1.39 bits per heavy atom. The highest BCUT2D eigenvalue weighted by Crippen LogP contribution is 1.94. The molecule has 0 rings (SSSR count). The lowest BCUT2D eigenvalue weighted by molar-refractivity contribution is -0.140. The van der Waals surface area contributed by atoms with Gasteiger partial charge in [0.1, 0.15) is 18.1 Å². The van der Waals surface area contributed by atoms with E-state index in [1.54, 1.807) is 0 Å². The molecule has 0 aromatic heterocycles. The van der Waals surface area contributed by atoms with Gasteiger partial charge in [0, 0.05) is 13.0 Å². The lowest BCUT2D eigenvalue weighted by Gasteiger charge is -2.03. The van der Waals surface area contributed by atoms with E-state index in [9.17, 15) is 24.0 Å². The second-order valence-electron chi connectivity index (χ2n) is 5.96. The molecule has 0 saturated carbocycles. The van der Waals surface area contributed by atoms with Gasteiger partial charge in [-0.05, 0) is 19.3 Å². The fourth-order valence-corrected chi connectivity index (χ4v) is 1.37. The predicted octanol–water partition coefficient (Wildman–Crippen LogP) is -4.61. The van der Waals surface area contributed by atoms with Gasteiger partial charge in [0.05, 0.1) is 6.42 Å². The Morgan fingerprint density at radius 1 is 0.677 bits per heavy atom. The molecule has 0 aliphatic rings. The van der Waals surface area contributed by atoms with Crippen LogP contribution in [0.25, 0.3) is 0 Å². The topological polar surface area (TPSA) is 341 Å². The van der Waals surface area contributed by atoms with Crippen LogP contribution in [0.2, 0.25) is 0 Å². The molecule has 0 bridgehead atoms. The summed E-state index contributed by atoms with van der Waals surface area (Å²) in [5.41, 5.74) is 34.7. The molecule has 3 atom stereocenters. The van der Waals surface area contributed by atoms with Gasteiger partial charge in [-0.1, -0.05) is 0 Å². The molecule has 0 fully saturated rings. The number of carboxylic acids is 3. The van der Waals surface area contributed by atoms with Crippen molar-refractivity contribution in [1.82, 2.24) is 0 Å². The van der Waals surface area contributed by atoms with Crippen molar-refractivity contribution in [3.05, 3.63) is 0 Å². The second kappa shape index (κ2) is 18.5. The van der Waals surface area contributed by atoms with Crippen molar-refractivity contribution in [2.45, 2.75) is 50.2 Å². The number of carbonyl (C=O) groups is 5. The lowest BCUT2D eigenvalue weighted by Crippen LogP contribution is -2.34. The number of hydrogen-bond donors (Lipinski definition) is 10. The van der Waals surface area contributed by atoms with Gasteiger partial charge in [0.2, 0.25) is 11.8 Å². The average Bonchev–Trinajstić information content (AvgIpc) is 2.63. The molecule has 2 amide bonds. The van der Waals surface area contributed by atoms with Crippen molar-refractivity contribution >= 4 is 35.7 Å². The Kier molecular flexibility index (Phi) is 19.2. The number of aliphatic imine (C=N–C) groups is 1. The molecule has 0 aromatic rings. The number of nitrogens with zero attached hydrogens (tertiary/aromatic N) is 1. The van der Waals surface area contributed by atoms with Crippen LogP contribution >= 0.6 is 0 Å². The molecule has 0 radical (unpaired) electrons. The summed E-state index contributed by atoms with van der Waals surface area (Å²) in [6, 6.07) is -2.96. The zero-order valence-electron chi connectivity index (χ0n) is 16.8. The largest absolute Gasteiger partial charge is 0.480 e. The highest BCUT2D eigenvalue weighted by atomic mass is 16.4. The van der Waals surface area contributed by atoms with Crippen molar-refractivity contribution in [1.29, 1.82) is 0 Å². The van der Waals surface area contributed by atoms with Crippen LogP contribution in [-0.2, 0) is 24.0 Å². The minimum atomic E-state index is -1.21. The van der Waals surface area contributed by atoms with E-state index in [0.29, 0.717) is 19.4 Å². The molecule has 16 nitrogen and oxygen atoms in total. The van der Waals surface area contributed by atoms with E-state index in [2.05, 4.69) is 10.7 Å². The fraction of sp³-hybridized carbons (Fsp3) is 0.600. The van der Waals surface area contributed by atoms with Crippen LogP contribution in [0.1, 0.15) is 32.1 Å². The first kappa shape index (κ1) is 32.2. The molecular formula is C15H32N8O8. The summed E-state index contributed by atoms with van der Waals surface area (Å²) in [5.74, 6) is -4.55. The predicted molar refractivity (Wildman–Crippen MR) is 109 cm³/mol. The van der Waals surface area contributed by atoms with E-state index in [-0.39, 0.29) is 25.2 Å². The van der Waals surface area contributed by atoms with Gasteiger partial charge >= 0.3 is 17.9 Å². The van der Waals surface area contributed by atoms with E-state index in [0.717, 1.165) is 0 Å². The Balaban J connectivity index is -0.000000384. The number of hydrogen-bond acceptors (Lipinski definition) is 9. The summed E-state index contributed by atoms with van der Waals surface area (Å²) in [7, 11) is 0. The molecule has 180 valence electrons. The molecule has 0 heterocycles. The quantitative estimate of drug-likeness (QED) is 0.0757. The minimum absolute atomic E-state index is 0.0129. The summed E-state index contributed by atoms with van der Waals surface area (Å²) in [6.45, 7) is 0.420. The van der Waals surface area contributed by atoms with Crippen LogP contribution in [0.4, 0.5) is 0 Å². The lowest BCUT2D eigenvalue weighted by atomic mass is 10.2. The van der Waals surface area contributed by atoms with Crippen molar-refractivity contribution in [2.24, 2.45) is 45.1 Å². The number of carboxylic acid groups (broad SMARTS) is 3.